The van der Waals surface area contributed by atoms with Crippen molar-refractivity contribution >= 4 is 11.8 Å². The van der Waals surface area contributed by atoms with Gasteiger partial charge in [-0.2, -0.15) is 0 Å². The molecule has 0 spiro atoms. The van der Waals surface area contributed by atoms with Crippen LogP contribution in [0.15, 0.2) is 55.4 Å². The maximum absolute atomic E-state index is 11.5. The summed E-state index contributed by atoms with van der Waals surface area (Å²) in [4.78, 5) is 27.3. The standard InChI is InChI=1S/C17H20N4O2/c1-2-9-19-16(22)17(23)20-10-6-12-21-13-11-18-15(21)14-7-4-3-5-8-14/h2-5,7-8,11,13H,1,6,9-10,12H2,(H,19,22)(H,20,23). The minimum Gasteiger partial charge on any atom is -0.348 e. The summed E-state index contributed by atoms with van der Waals surface area (Å²) in [5, 5.41) is 5.03. The average Bonchev–Trinajstić information content (AvgIpc) is 3.05. The molecule has 1 aromatic carbocycles. The molecule has 6 nitrogen and oxygen atoms in total. The molecule has 2 aromatic rings. The van der Waals surface area contributed by atoms with Crippen molar-refractivity contribution in [1.82, 2.24) is 20.2 Å². The molecule has 0 aliphatic carbocycles. The van der Waals surface area contributed by atoms with Crippen LogP contribution in [0.2, 0.25) is 0 Å². The Labute approximate surface area is 135 Å². The van der Waals surface area contributed by atoms with Gasteiger partial charge in [-0.25, -0.2) is 4.98 Å². The topological polar surface area (TPSA) is 76.0 Å². The van der Waals surface area contributed by atoms with Gasteiger partial charge >= 0.3 is 11.8 Å². The van der Waals surface area contributed by atoms with Crippen molar-refractivity contribution in [1.29, 1.82) is 0 Å². The summed E-state index contributed by atoms with van der Waals surface area (Å²) >= 11 is 0. The number of nitrogens with one attached hydrogen (secondary N) is 2. The lowest BCUT2D eigenvalue weighted by Crippen LogP contribution is -2.40. The van der Waals surface area contributed by atoms with E-state index in [0.717, 1.165) is 11.4 Å². The molecule has 2 amide bonds. The summed E-state index contributed by atoms with van der Waals surface area (Å²) in [5.41, 5.74) is 1.05. The van der Waals surface area contributed by atoms with Gasteiger partial charge in [0.1, 0.15) is 5.82 Å². The van der Waals surface area contributed by atoms with Crippen molar-refractivity contribution in [3.63, 3.8) is 0 Å². The molecule has 1 heterocycles. The van der Waals surface area contributed by atoms with E-state index in [1.807, 2.05) is 41.1 Å². The number of hydrogen-bond donors (Lipinski definition) is 2. The maximum Gasteiger partial charge on any atom is 0.309 e. The predicted octanol–water partition coefficient (Wildman–Crippen LogP) is 1.36. The fourth-order valence-corrected chi connectivity index (χ4v) is 2.11. The predicted molar refractivity (Wildman–Crippen MR) is 88.5 cm³/mol. The number of rotatable bonds is 7. The fraction of sp³-hybridized carbons (Fsp3) is 0.235. The summed E-state index contributed by atoms with van der Waals surface area (Å²) in [6, 6.07) is 9.91. The van der Waals surface area contributed by atoms with Crippen molar-refractivity contribution in [2.75, 3.05) is 13.1 Å². The maximum atomic E-state index is 11.5. The van der Waals surface area contributed by atoms with E-state index in [4.69, 9.17) is 0 Å². The molecule has 6 heteroatoms. The average molecular weight is 312 g/mol. The number of hydrogen-bond acceptors (Lipinski definition) is 3. The van der Waals surface area contributed by atoms with Gasteiger partial charge in [-0.3, -0.25) is 9.59 Å². The Kier molecular flexibility index (Phi) is 6.11. The summed E-state index contributed by atoms with van der Waals surface area (Å²) in [6.45, 7) is 4.88. The van der Waals surface area contributed by atoms with Crippen LogP contribution in [0.4, 0.5) is 0 Å². The Morgan fingerprint density at radius 3 is 2.65 bits per heavy atom. The highest BCUT2D eigenvalue weighted by atomic mass is 16.2. The van der Waals surface area contributed by atoms with E-state index < -0.39 is 11.8 Å². The van der Waals surface area contributed by atoms with Crippen LogP contribution in [0.1, 0.15) is 6.42 Å². The van der Waals surface area contributed by atoms with Crippen LogP contribution in [0, 0.1) is 0 Å². The highest BCUT2D eigenvalue weighted by Crippen LogP contribution is 2.16. The van der Waals surface area contributed by atoms with Crippen LogP contribution in [-0.2, 0) is 16.1 Å². The van der Waals surface area contributed by atoms with Gasteiger partial charge in [0.2, 0.25) is 0 Å². The minimum atomic E-state index is -0.641. The lowest BCUT2D eigenvalue weighted by molar-refractivity contribution is -0.139. The Morgan fingerprint density at radius 1 is 1.17 bits per heavy atom. The highest BCUT2D eigenvalue weighted by molar-refractivity contribution is 6.35. The largest absolute Gasteiger partial charge is 0.348 e. The van der Waals surface area contributed by atoms with Gasteiger partial charge in [0, 0.05) is 37.6 Å². The number of nitrogens with zero attached hydrogens (tertiary/aromatic N) is 2. The molecule has 0 bridgehead atoms. The van der Waals surface area contributed by atoms with E-state index >= 15 is 0 Å². The molecule has 1 aromatic heterocycles. The van der Waals surface area contributed by atoms with E-state index in [9.17, 15) is 9.59 Å². The molecule has 120 valence electrons. The number of carbonyl (C=O) groups excluding carboxylic acids is 2. The zero-order chi connectivity index (χ0) is 16.5. The van der Waals surface area contributed by atoms with Crippen LogP contribution in [0.25, 0.3) is 11.4 Å². The van der Waals surface area contributed by atoms with E-state index in [-0.39, 0.29) is 6.54 Å². The molecule has 0 aliphatic rings. The number of aromatic nitrogens is 2. The molecule has 0 saturated heterocycles. The third-order valence-electron chi connectivity index (χ3n) is 3.22. The van der Waals surface area contributed by atoms with Crippen molar-refractivity contribution < 1.29 is 9.59 Å². The van der Waals surface area contributed by atoms with E-state index in [0.29, 0.717) is 19.5 Å². The summed E-state index contributed by atoms with van der Waals surface area (Å²) in [7, 11) is 0. The normalized spacial score (nSPS) is 10.1. The first-order valence-electron chi connectivity index (χ1n) is 7.46. The SMILES string of the molecule is C=CCNC(=O)C(=O)NCCCn1ccnc1-c1ccccc1. The lowest BCUT2D eigenvalue weighted by Gasteiger charge is -2.09. The van der Waals surface area contributed by atoms with Crippen molar-refractivity contribution in [2.24, 2.45) is 0 Å². The number of imidazole rings is 1. The second-order valence-electron chi connectivity index (χ2n) is 4.92. The van der Waals surface area contributed by atoms with Gasteiger partial charge in [0.05, 0.1) is 0 Å². The molecular formula is C17H20N4O2. The van der Waals surface area contributed by atoms with Crippen LogP contribution < -0.4 is 10.6 Å². The molecule has 0 radical (unpaired) electrons. The van der Waals surface area contributed by atoms with Crippen LogP contribution in [0.5, 0.6) is 0 Å². The number of carbonyl (C=O) groups is 2. The Balaban J connectivity index is 1.80. The summed E-state index contributed by atoms with van der Waals surface area (Å²) in [5.74, 6) is -0.376. The molecular weight excluding hydrogens is 292 g/mol. The zero-order valence-electron chi connectivity index (χ0n) is 12.9. The molecule has 0 aliphatic heterocycles. The fourth-order valence-electron chi connectivity index (χ4n) is 2.11. The van der Waals surface area contributed by atoms with Crippen molar-refractivity contribution in [3.8, 4) is 11.4 Å². The van der Waals surface area contributed by atoms with Crippen LogP contribution in [-0.4, -0.2) is 34.5 Å². The van der Waals surface area contributed by atoms with Gasteiger partial charge in [0.15, 0.2) is 0 Å². The molecule has 0 atom stereocenters. The Hall–Kier alpha value is -2.89. The Bertz CT molecular complexity index is 664. The van der Waals surface area contributed by atoms with E-state index in [1.54, 1.807) is 6.20 Å². The number of amides is 2. The summed E-state index contributed by atoms with van der Waals surface area (Å²) in [6.07, 6.45) is 5.89. The van der Waals surface area contributed by atoms with Crippen LogP contribution >= 0.6 is 0 Å². The second kappa shape index (κ2) is 8.53. The zero-order valence-corrected chi connectivity index (χ0v) is 12.9. The van der Waals surface area contributed by atoms with Crippen molar-refractivity contribution in [3.05, 3.63) is 55.4 Å². The summed E-state index contributed by atoms with van der Waals surface area (Å²) < 4.78 is 2.03. The highest BCUT2D eigenvalue weighted by Gasteiger charge is 2.11. The third-order valence-corrected chi connectivity index (χ3v) is 3.22. The smallest absolute Gasteiger partial charge is 0.309 e. The molecule has 2 rings (SSSR count). The lowest BCUT2D eigenvalue weighted by atomic mass is 10.2. The molecule has 2 N–H and O–H groups in total. The number of aryl methyl sites for hydroxylation is 1. The van der Waals surface area contributed by atoms with Gasteiger partial charge in [-0.1, -0.05) is 36.4 Å². The Morgan fingerprint density at radius 2 is 1.91 bits per heavy atom. The molecule has 23 heavy (non-hydrogen) atoms. The van der Waals surface area contributed by atoms with Crippen molar-refractivity contribution in [2.45, 2.75) is 13.0 Å². The molecule has 0 saturated carbocycles. The van der Waals surface area contributed by atoms with E-state index in [2.05, 4.69) is 22.2 Å². The third kappa shape index (κ3) is 4.81. The van der Waals surface area contributed by atoms with Gasteiger partial charge in [-0.05, 0) is 6.42 Å². The van der Waals surface area contributed by atoms with Gasteiger partial charge in [0.25, 0.3) is 0 Å². The van der Waals surface area contributed by atoms with E-state index in [1.165, 1.54) is 6.08 Å². The number of benzene rings is 1. The molecule has 0 fully saturated rings. The first kappa shape index (κ1) is 16.5. The first-order valence-corrected chi connectivity index (χ1v) is 7.46. The first-order chi connectivity index (χ1) is 11.2. The quantitative estimate of drug-likeness (QED) is 0.460. The van der Waals surface area contributed by atoms with Crippen LogP contribution in [0.3, 0.4) is 0 Å². The van der Waals surface area contributed by atoms with Gasteiger partial charge in [-0.15, -0.1) is 6.58 Å². The molecule has 0 unspecified atom stereocenters. The minimum absolute atomic E-state index is 0.279. The van der Waals surface area contributed by atoms with Gasteiger partial charge < -0.3 is 15.2 Å². The monoisotopic (exact) mass is 312 g/mol. The second-order valence-corrected chi connectivity index (χ2v) is 4.92.